The quantitative estimate of drug-likeness (QED) is 0.636. The standard InChI is InChI=1S/C14H16FNS/c1-2-9-17-10-8-16-14-7-6-11-12(14)4-3-5-13(11)15/h1,3-5,14,16H,6-10H2. The van der Waals surface area contributed by atoms with Crippen molar-refractivity contribution < 1.29 is 4.39 Å². The highest BCUT2D eigenvalue weighted by Gasteiger charge is 2.23. The van der Waals surface area contributed by atoms with E-state index < -0.39 is 0 Å². The number of hydrogen-bond donors (Lipinski definition) is 1. The molecule has 0 bridgehead atoms. The van der Waals surface area contributed by atoms with E-state index in [4.69, 9.17) is 6.42 Å². The molecule has 0 saturated carbocycles. The summed E-state index contributed by atoms with van der Waals surface area (Å²) in [6, 6.07) is 5.68. The topological polar surface area (TPSA) is 12.0 Å². The normalized spacial score (nSPS) is 17.8. The Kier molecular flexibility index (Phi) is 4.47. The van der Waals surface area contributed by atoms with Gasteiger partial charge in [0.15, 0.2) is 0 Å². The molecule has 1 nitrogen and oxygen atoms in total. The van der Waals surface area contributed by atoms with E-state index in [1.807, 2.05) is 6.07 Å². The molecule has 0 aliphatic heterocycles. The molecule has 17 heavy (non-hydrogen) atoms. The highest BCUT2D eigenvalue weighted by molar-refractivity contribution is 7.99. The summed E-state index contributed by atoms with van der Waals surface area (Å²) < 4.78 is 13.5. The summed E-state index contributed by atoms with van der Waals surface area (Å²) in [7, 11) is 0. The lowest BCUT2D eigenvalue weighted by molar-refractivity contribution is 0.551. The van der Waals surface area contributed by atoms with Crippen molar-refractivity contribution >= 4 is 11.8 Å². The molecule has 1 unspecified atom stereocenters. The van der Waals surface area contributed by atoms with Gasteiger partial charge < -0.3 is 5.32 Å². The largest absolute Gasteiger partial charge is 0.309 e. The lowest BCUT2D eigenvalue weighted by atomic mass is 10.1. The van der Waals surface area contributed by atoms with Crippen LogP contribution in [0.1, 0.15) is 23.6 Å². The van der Waals surface area contributed by atoms with Crippen LogP contribution < -0.4 is 5.32 Å². The van der Waals surface area contributed by atoms with Gasteiger partial charge in [0, 0.05) is 18.3 Å². The van der Waals surface area contributed by atoms with Gasteiger partial charge >= 0.3 is 0 Å². The Morgan fingerprint density at radius 2 is 2.41 bits per heavy atom. The third-order valence-corrected chi connectivity index (χ3v) is 3.90. The maximum absolute atomic E-state index is 13.5. The van der Waals surface area contributed by atoms with Crippen LogP contribution in [-0.2, 0) is 6.42 Å². The fraction of sp³-hybridized carbons (Fsp3) is 0.429. The number of fused-ring (bicyclic) bond motifs is 1. The van der Waals surface area contributed by atoms with E-state index in [1.54, 1.807) is 23.9 Å². The number of halogens is 1. The second kappa shape index (κ2) is 6.09. The van der Waals surface area contributed by atoms with Crippen molar-refractivity contribution in [1.29, 1.82) is 0 Å². The van der Waals surface area contributed by atoms with Crippen molar-refractivity contribution in [1.82, 2.24) is 5.32 Å². The molecule has 1 N–H and O–H groups in total. The van der Waals surface area contributed by atoms with Gasteiger partial charge in [0.05, 0.1) is 5.75 Å². The molecule has 1 aliphatic carbocycles. The summed E-state index contributed by atoms with van der Waals surface area (Å²) in [5.74, 6) is 4.31. The van der Waals surface area contributed by atoms with Crippen molar-refractivity contribution in [2.75, 3.05) is 18.1 Å². The second-order valence-corrected chi connectivity index (χ2v) is 5.21. The van der Waals surface area contributed by atoms with Crippen molar-refractivity contribution in [3.63, 3.8) is 0 Å². The molecular formula is C14H16FNS. The number of hydrogen-bond acceptors (Lipinski definition) is 2. The van der Waals surface area contributed by atoms with Gasteiger partial charge in [-0.2, -0.15) is 0 Å². The molecule has 0 radical (unpaired) electrons. The van der Waals surface area contributed by atoms with E-state index in [0.29, 0.717) is 6.04 Å². The van der Waals surface area contributed by atoms with E-state index >= 15 is 0 Å². The van der Waals surface area contributed by atoms with Gasteiger partial charge in [-0.15, -0.1) is 18.2 Å². The highest BCUT2D eigenvalue weighted by atomic mass is 32.2. The predicted octanol–water partition coefficient (Wildman–Crippen LogP) is 2.77. The zero-order valence-corrected chi connectivity index (χ0v) is 10.5. The zero-order valence-electron chi connectivity index (χ0n) is 9.71. The molecule has 0 fully saturated rings. The molecule has 0 aromatic heterocycles. The summed E-state index contributed by atoms with van der Waals surface area (Å²) in [5, 5.41) is 3.47. The Balaban J connectivity index is 1.86. The van der Waals surface area contributed by atoms with Gasteiger partial charge in [0.1, 0.15) is 5.82 Å². The van der Waals surface area contributed by atoms with E-state index in [9.17, 15) is 4.39 Å². The second-order valence-electron chi connectivity index (χ2n) is 4.11. The maximum Gasteiger partial charge on any atom is 0.126 e. The first-order valence-electron chi connectivity index (χ1n) is 5.85. The lowest BCUT2D eigenvalue weighted by Crippen LogP contribution is -2.22. The Hall–Kier alpha value is -0.980. The van der Waals surface area contributed by atoms with E-state index in [-0.39, 0.29) is 5.82 Å². The van der Waals surface area contributed by atoms with Gasteiger partial charge in [0.25, 0.3) is 0 Å². The molecule has 1 aliphatic rings. The van der Waals surface area contributed by atoms with Crippen molar-refractivity contribution in [2.45, 2.75) is 18.9 Å². The summed E-state index contributed by atoms with van der Waals surface area (Å²) in [6.07, 6.45) is 7.02. The number of thioether (sulfide) groups is 1. The number of terminal acetylenes is 1. The fourth-order valence-electron chi connectivity index (χ4n) is 2.26. The average Bonchev–Trinajstić information content (AvgIpc) is 2.74. The van der Waals surface area contributed by atoms with E-state index in [2.05, 4.69) is 11.2 Å². The SMILES string of the molecule is C#CCSCCNC1CCc2c(F)cccc21. The molecule has 0 heterocycles. The molecule has 0 spiro atoms. The molecule has 90 valence electrons. The van der Waals surface area contributed by atoms with Crippen molar-refractivity contribution in [3.8, 4) is 12.3 Å². The first-order valence-corrected chi connectivity index (χ1v) is 7.00. The van der Waals surface area contributed by atoms with Gasteiger partial charge in [-0.1, -0.05) is 18.1 Å². The van der Waals surface area contributed by atoms with Gasteiger partial charge in [0.2, 0.25) is 0 Å². The Morgan fingerprint density at radius 3 is 3.24 bits per heavy atom. The highest BCUT2D eigenvalue weighted by Crippen LogP contribution is 2.32. The van der Waals surface area contributed by atoms with Gasteiger partial charge in [-0.05, 0) is 30.0 Å². The van der Waals surface area contributed by atoms with Gasteiger partial charge in [-0.3, -0.25) is 0 Å². The van der Waals surface area contributed by atoms with Crippen molar-refractivity contribution in [2.24, 2.45) is 0 Å². The minimum absolute atomic E-state index is 0.0616. The minimum atomic E-state index is -0.0616. The van der Waals surface area contributed by atoms with Crippen LogP contribution in [0.4, 0.5) is 4.39 Å². The summed E-state index contributed by atoms with van der Waals surface area (Å²) in [4.78, 5) is 0. The van der Waals surface area contributed by atoms with Crippen LogP contribution in [0.25, 0.3) is 0 Å². The van der Waals surface area contributed by atoms with Crippen LogP contribution in [0.2, 0.25) is 0 Å². The molecule has 0 amide bonds. The summed E-state index contributed by atoms with van der Waals surface area (Å²) >= 11 is 1.75. The number of nitrogens with one attached hydrogen (secondary N) is 1. The van der Waals surface area contributed by atoms with Gasteiger partial charge in [-0.25, -0.2) is 4.39 Å². The molecule has 3 heteroatoms. The molecular weight excluding hydrogens is 233 g/mol. The van der Waals surface area contributed by atoms with Crippen LogP contribution >= 0.6 is 11.8 Å². The molecule has 1 aromatic rings. The predicted molar refractivity (Wildman–Crippen MR) is 71.6 cm³/mol. The maximum atomic E-state index is 13.5. The first-order chi connectivity index (χ1) is 8.33. The van der Waals surface area contributed by atoms with E-state index in [1.165, 1.54) is 0 Å². The molecule has 1 atom stereocenters. The fourth-order valence-corrected chi connectivity index (χ4v) is 2.78. The van der Waals surface area contributed by atoms with Crippen molar-refractivity contribution in [3.05, 3.63) is 35.1 Å². The third kappa shape index (κ3) is 3.02. The van der Waals surface area contributed by atoms with Crippen LogP contribution in [0.3, 0.4) is 0 Å². The summed E-state index contributed by atoms with van der Waals surface area (Å²) in [6.45, 7) is 0.924. The van der Waals surface area contributed by atoms with Crippen LogP contribution in [0.5, 0.6) is 0 Å². The van der Waals surface area contributed by atoms with Crippen LogP contribution in [-0.4, -0.2) is 18.1 Å². The third-order valence-electron chi connectivity index (χ3n) is 3.04. The molecule has 1 aromatic carbocycles. The van der Waals surface area contributed by atoms with E-state index in [0.717, 1.165) is 42.0 Å². The monoisotopic (exact) mass is 249 g/mol. The molecule has 2 rings (SSSR count). The zero-order chi connectivity index (χ0) is 12.1. The minimum Gasteiger partial charge on any atom is -0.309 e. The number of benzene rings is 1. The average molecular weight is 249 g/mol. The smallest absolute Gasteiger partial charge is 0.126 e. The lowest BCUT2D eigenvalue weighted by Gasteiger charge is -2.13. The number of rotatable bonds is 5. The first kappa shape index (κ1) is 12.5. The van der Waals surface area contributed by atoms with Crippen LogP contribution in [0, 0.1) is 18.2 Å². The Bertz CT molecular complexity index is 425. The Morgan fingerprint density at radius 1 is 1.53 bits per heavy atom. The summed E-state index contributed by atoms with van der Waals surface area (Å²) in [5.41, 5.74) is 2.02. The van der Waals surface area contributed by atoms with Crippen LogP contribution in [0.15, 0.2) is 18.2 Å². The molecule has 0 saturated heterocycles. The Labute approximate surface area is 106 Å².